The van der Waals surface area contributed by atoms with Crippen molar-refractivity contribution in [3.63, 3.8) is 0 Å². The van der Waals surface area contributed by atoms with Gasteiger partial charge in [0.05, 0.1) is 0 Å². The van der Waals surface area contributed by atoms with Crippen LogP contribution in [0.15, 0.2) is 36.4 Å². The third-order valence-electron chi connectivity index (χ3n) is 4.78. The number of rotatable bonds is 12. The summed E-state index contributed by atoms with van der Waals surface area (Å²) in [5.74, 6) is 1.90. The molecule has 1 aliphatic carbocycles. The lowest BCUT2D eigenvalue weighted by Gasteiger charge is -2.10. The Morgan fingerprint density at radius 3 is 2.00 bits per heavy atom. The van der Waals surface area contributed by atoms with Gasteiger partial charge in [-0.3, -0.25) is 0 Å². The van der Waals surface area contributed by atoms with Crippen LogP contribution in [0.5, 0.6) is 11.5 Å². The number of nitrogens with one attached hydrogen (secondary N) is 2. The van der Waals surface area contributed by atoms with E-state index >= 15 is 0 Å². The molecule has 3 rings (SSSR count). The Morgan fingerprint density at radius 1 is 0.704 bits per heavy atom. The molecule has 2 N–H and O–H groups in total. The van der Waals surface area contributed by atoms with Crippen molar-refractivity contribution < 1.29 is 9.47 Å². The maximum atomic E-state index is 5.91. The molecular formula is C23H32N2O2. The summed E-state index contributed by atoms with van der Waals surface area (Å²) in [5.41, 5.74) is 5.30. The topological polar surface area (TPSA) is 42.5 Å². The lowest BCUT2D eigenvalue weighted by Crippen LogP contribution is -2.21. The third kappa shape index (κ3) is 5.47. The molecular weight excluding hydrogens is 336 g/mol. The monoisotopic (exact) mass is 368 g/mol. The normalized spacial score (nSPS) is 11.9. The lowest BCUT2D eigenvalue weighted by atomic mass is 10.1. The van der Waals surface area contributed by atoms with Crippen molar-refractivity contribution >= 4 is 0 Å². The summed E-state index contributed by atoms with van der Waals surface area (Å²) in [7, 11) is 0. The van der Waals surface area contributed by atoms with Gasteiger partial charge in [-0.1, -0.05) is 26.0 Å². The van der Waals surface area contributed by atoms with E-state index in [1.54, 1.807) is 0 Å². The van der Waals surface area contributed by atoms with Gasteiger partial charge in [-0.15, -0.1) is 0 Å². The molecule has 4 heteroatoms. The Kier molecular flexibility index (Phi) is 7.55. The van der Waals surface area contributed by atoms with E-state index in [1.165, 1.54) is 22.3 Å². The summed E-state index contributed by atoms with van der Waals surface area (Å²) >= 11 is 0. The van der Waals surface area contributed by atoms with Gasteiger partial charge in [0.1, 0.15) is 24.7 Å². The van der Waals surface area contributed by atoms with Crippen molar-refractivity contribution in [2.45, 2.75) is 33.1 Å². The van der Waals surface area contributed by atoms with Crippen LogP contribution in [0.2, 0.25) is 0 Å². The van der Waals surface area contributed by atoms with Gasteiger partial charge in [0.15, 0.2) is 0 Å². The predicted octanol–water partition coefficient (Wildman–Crippen LogP) is 4.01. The fourth-order valence-corrected chi connectivity index (χ4v) is 3.41. The molecule has 2 aromatic carbocycles. The second-order valence-electron chi connectivity index (χ2n) is 7.01. The fourth-order valence-electron chi connectivity index (χ4n) is 3.41. The van der Waals surface area contributed by atoms with Gasteiger partial charge in [0.2, 0.25) is 0 Å². The number of fused-ring (bicyclic) bond motifs is 3. The lowest BCUT2D eigenvalue weighted by molar-refractivity contribution is 0.314. The van der Waals surface area contributed by atoms with E-state index < -0.39 is 0 Å². The molecule has 0 fully saturated rings. The van der Waals surface area contributed by atoms with Crippen LogP contribution in [0.25, 0.3) is 11.1 Å². The summed E-state index contributed by atoms with van der Waals surface area (Å²) < 4.78 is 11.8. The van der Waals surface area contributed by atoms with Gasteiger partial charge in [-0.05, 0) is 78.9 Å². The zero-order valence-corrected chi connectivity index (χ0v) is 16.6. The van der Waals surface area contributed by atoms with Crippen LogP contribution in [-0.4, -0.2) is 39.4 Å². The standard InChI is InChI=1S/C23H32N2O2/c1-3-9-24-11-13-26-20-7-8-22-19(16-20)15-18-5-6-21(17-23(18)22)27-14-12-25-10-4-2/h5-8,16-17,24-25H,3-4,9-15H2,1-2H3. The Bertz CT molecular complexity index is 730. The molecule has 0 atom stereocenters. The second-order valence-corrected chi connectivity index (χ2v) is 7.01. The highest BCUT2D eigenvalue weighted by Gasteiger charge is 2.19. The molecule has 0 heterocycles. The molecule has 0 saturated carbocycles. The minimum Gasteiger partial charge on any atom is -0.492 e. The number of hydrogen-bond acceptors (Lipinski definition) is 4. The molecule has 0 aliphatic heterocycles. The fraction of sp³-hybridized carbons (Fsp3) is 0.478. The van der Waals surface area contributed by atoms with Crippen molar-refractivity contribution in [1.29, 1.82) is 0 Å². The van der Waals surface area contributed by atoms with Crippen molar-refractivity contribution in [2.75, 3.05) is 39.4 Å². The van der Waals surface area contributed by atoms with Gasteiger partial charge in [0.25, 0.3) is 0 Å². The predicted molar refractivity (Wildman–Crippen MR) is 112 cm³/mol. The first-order valence-corrected chi connectivity index (χ1v) is 10.2. The van der Waals surface area contributed by atoms with E-state index in [1.807, 2.05) is 0 Å². The number of hydrogen-bond donors (Lipinski definition) is 2. The molecule has 0 bridgehead atoms. The van der Waals surface area contributed by atoms with Crippen LogP contribution < -0.4 is 20.1 Å². The summed E-state index contributed by atoms with van der Waals surface area (Å²) in [6, 6.07) is 12.9. The zero-order valence-electron chi connectivity index (χ0n) is 16.6. The Hall–Kier alpha value is -2.04. The smallest absolute Gasteiger partial charge is 0.120 e. The van der Waals surface area contributed by atoms with Gasteiger partial charge >= 0.3 is 0 Å². The van der Waals surface area contributed by atoms with Crippen LogP contribution in [-0.2, 0) is 6.42 Å². The van der Waals surface area contributed by atoms with E-state index in [4.69, 9.17) is 9.47 Å². The number of benzene rings is 2. The molecule has 0 spiro atoms. The van der Waals surface area contributed by atoms with Crippen LogP contribution in [0.4, 0.5) is 0 Å². The highest BCUT2D eigenvalue weighted by Crippen LogP contribution is 2.40. The van der Waals surface area contributed by atoms with E-state index in [0.717, 1.165) is 56.9 Å². The first-order valence-electron chi connectivity index (χ1n) is 10.2. The third-order valence-corrected chi connectivity index (χ3v) is 4.78. The number of ether oxygens (including phenoxy) is 2. The van der Waals surface area contributed by atoms with Crippen LogP contribution in [0, 0.1) is 0 Å². The summed E-state index contributed by atoms with van der Waals surface area (Å²) in [5, 5.41) is 6.73. The van der Waals surface area contributed by atoms with Gasteiger partial charge in [0, 0.05) is 13.1 Å². The second kappa shape index (κ2) is 10.3. The Morgan fingerprint density at radius 2 is 1.33 bits per heavy atom. The molecule has 0 aromatic heterocycles. The minimum absolute atomic E-state index is 0.699. The Balaban J connectivity index is 1.57. The average molecular weight is 369 g/mol. The molecule has 0 amide bonds. The molecule has 146 valence electrons. The zero-order chi connectivity index (χ0) is 18.9. The maximum absolute atomic E-state index is 5.91. The molecule has 1 aliphatic rings. The van der Waals surface area contributed by atoms with E-state index in [0.29, 0.717) is 13.2 Å². The Labute approximate surface area is 163 Å². The summed E-state index contributed by atoms with van der Waals surface area (Å²) in [4.78, 5) is 0. The molecule has 27 heavy (non-hydrogen) atoms. The molecule has 0 radical (unpaired) electrons. The van der Waals surface area contributed by atoms with Crippen LogP contribution in [0.3, 0.4) is 0 Å². The van der Waals surface area contributed by atoms with E-state index in [9.17, 15) is 0 Å². The largest absolute Gasteiger partial charge is 0.492 e. The van der Waals surface area contributed by atoms with Crippen LogP contribution >= 0.6 is 0 Å². The van der Waals surface area contributed by atoms with E-state index in [-0.39, 0.29) is 0 Å². The first kappa shape index (κ1) is 19.7. The SMILES string of the molecule is CCCNCCOc1ccc2c(c1)Cc1ccc(OCCNCCC)cc1-2. The quantitative estimate of drug-likeness (QED) is 0.474. The highest BCUT2D eigenvalue weighted by atomic mass is 16.5. The average Bonchev–Trinajstić information content (AvgIpc) is 3.05. The maximum Gasteiger partial charge on any atom is 0.120 e. The summed E-state index contributed by atoms with van der Waals surface area (Å²) in [6.07, 6.45) is 3.27. The van der Waals surface area contributed by atoms with Crippen molar-refractivity contribution in [2.24, 2.45) is 0 Å². The minimum atomic E-state index is 0.699. The van der Waals surface area contributed by atoms with Crippen molar-refractivity contribution in [3.05, 3.63) is 47.5 Å². The summed E-state index contributed by atoms with van der Waals surface area (Å²) in [6.45, 7) is 9.61. The van der Waals surface area contributed by atoms with Gasteiger partial charge in [-0.25, -0.2) is 0 Å². The van der Waals surface area contributed by atoms with Crippen LogP contribution in [0.1, 0.15) is 37.8 Å². The van der Waals surface area contributed by atoms with Crippen molar-refractivity contribution in [3.8, 4) is 22.6 Å². The molecule has 0 unspecified atom stereocenters. The van der Waals surface area contributed by atoms with Gasteiger partial charge < -0.3 is 20.1 Å². The highest BCUT2D eigenvalue weighted by molar-refractivity contribution is 5.78. The molecule has 2 aromatic rings. The molecule has 0 saturated heterocycles. The van der Waals surface area contributed by atoms with Gasteiger partial charge in [-0.2, -0.15) is 0 Å². The van der Waals surface area contributed by atoms with E-state index in [2.05, 4.69) is 60.9 Å². The van der Waals surface area contributed by atoms with Crippen molar-refractivity contribution in [1.82, 2.24) is 10.6 Å². The molecule has 4 nitrogen and oxygen atoms in total. The first-order chi connectivity index (χ1) is 13.3.